The quantitative estimate of drug-likeness (QED) is 0.718. The summed E-state index contributed by atoms with van der Waals surface area (Å²) in [5.41, 5.74) is 0.519. The Kier molecular flexibility index (Phi) is 4.75. The number of carbonyl (C=O) groups is 1. The topological polar surface area (TPSA) is 87.6 Å². The first-order chi connectivity index (χ1) is 12.3. The van der Waals surface area contributed by atoms with Crippen molar-refractivity contribution < 1.29 is 22.7 Å². The molecule has 0 saturated carbocycles. The molecular weight excluding hydrogens is 379 g/mol. The normalized spacial score (nSPS) is 11.3. The summed E-state index contributed by atoms with van der Waals surface area (Å²) < 4.78 is 39.6. The highest BCUT2D eigenvalue weighted by Crippen LogP contribution is 2.32. The SMILES string of the molecule is CN(c1ccccc1C(=O)O)S(=O)(=O)c1cnc(-c2ccc(F)cc2)s1. The highest BCUT2D eigenvalue weighted by Gasteiger charge is 2.27. The first-order valence-corrected chi connectivity index (χ1v) is 9.59. The molecule has 26 heavy (non-hydrogen) atoms. The first kappa shape index (κ1) is 18.0. The number of para-hydroxylation sites is 1. The molecule has 3 aromatic rings. The zero-order valence-electron chi connectivity index (χ0n) is 13.5. The largest absolute Gasteiger partial charge is 0.478 e. The number of sulfonamides is 1. The van der Waals surface area contributed by atoms with E-state index >= 15 is 0 Å². The number of nitrogens with zero attached hydrogens (tertiary/aromatic N) is 2. The van der Waals surface area contributed by atoms with Gasteiger partial charge in [-0.15, -0.1) is 11.3 Å². The fourth-order valence-electron chi connectivity index (χ4n) is 2.30. The molecule has 0 amide bonds. The lowest BCUT2D eigenvalue weighted by Crippen LogP contribution is -2.27. The van der Waals surface area contributed by atoms with E-state index in [1.165, 1.54) is 55.7 Å². The minimum Gasteiger partial charge on any atom is -0.478 e. The number of rotatable bonds is 5. The predicted octanol–water partition coefficient (Wildman–Crippen LogP) is 3.47. The van der Waals surface area contributed by atoms with Crippen LogP contribution in [0.3, 0.4) is 0 Å². The molecule has 134 valence electrons. The Morgan fingerprint density at radius 3 is 2.46 bits per heavy atom. The number of carboxylic acids is 1. The van der Waals surface area contributed by atoms with E-state index in [1.807, 2.05) is 0 Å². The third-order valence-electron chi connectivity index (χ3n) is 3.66. The van der Waals surface area contributed by atoms with Crippen LogP contribution in [0.5, 0.6) is 0 Å². The van der Waals surface area contributed by atoms with E-state index in [1.54, 1.807) is 6.07 Å². The molecule has 2 aromatic carbocycles. The van der Waals surface area contributed by atoms with Gasteiger partial charge in [0.25, 0.3) is 10.0 Å². The van der Waals surface area contributed by atoms with Gasteiger partial charge in [0.05, 0.1) is 17.4 Å². The van der Waals surface area contributed by atoms with Crippen LogP contribution >= 0.6 is 11.3 Å². The van der Waals surface area contributed by atoms with Gasteiger partial charge in [-0.2, -0.15) is 0 Å². The zero-order valence-corrected chi connectivity index (χ0v) is 15.1. The van der Waals surface area contributed by atoms with E-state index in [9.17, 15) is 22.7 Å². The lowest BCUT2D eigenvalue weighted by Gasteiger charge is -2.19. The Hall–Kier alpha value is -2.78. The highest BCUT2D eigenvalue weighted by atomic mass is 32.2. The summed E-state index contributed by atoms with van der Waals surface area (Å²) in [7, 11) is -2.71. The lowest BCUT2D eigenvalue weighted by molar-refractivity contribution is 0.0698. The molecule has 3 rings (SSSR count). The fraction of sp³-hybridized carbons (Fsp3) is 0.0588. The van der Waals surface area contributed by atoms with Crippen LogP contribution in [0, 0.1) is 5.82 Å². The van der Waals surface area contributed by atoms with Gasteiger partial charge in [0, 0.05) is 12.6 Å². The molecule has 1 aromatic heterocycles. The number of carboxylic acid groups (broad SMARTS) is 1. The van der Waals surface area contributed by atoms with Crippen molar-refractivity contribution in [3.05, 3.63) is 66.1 Å². The number of aromatic carboxylic acids is 1. The van der Waals surface area contributed by atoms with Crippen LogP contribution < -0.4 is 4.31 Å². The Morgan fingerprint density at radius 2 is 1.81 bits per heavy atom. The molecule has 0 bridgehead atoms. The molecule has 0 atom stereocenters. The molecule has 6 nitrogen and oxygen atoms in total. The van der Waals surface area contributed by atoms with Crippen molar-refractivity contribution in [3.8, 4) is 10.6 Å². The minimum atomic E-state index is -3.99. The van der Waals surface area contributed by atoms with E-state index < -0.39 is 21.8 Å². The van der Waals surface area contributed by atoms with Crippen molar-refractivity contribution in [2.75, 3.05) is 11.4 Å². The summed E-state index contributed by atoms with van der Waals surface area (Å²) in [6, 6.07) is 11.4. The van der Waals surface area contributed by atoms with Gasteiger partial charge >= 0.3 is 5.97 Å². The van der Waals surface area contributed by atoms with Gasteiger partial charge in [-0.05, 0) is 36.4 Å². The van der Waals surface area contributed by atoms with Gasteiger partial charge in [-0.1, -0.05) is 12.1 Å². The Balaban J connectivity index is 1.99. The number of hydrogen-bond acceptors (Lipinski definition) is 5. The standard InChI is InChI=1S/C17H13FN2O4S2/c1-20(14-5-3-2-4-13(14)17(21)22)26(23,24)15-10-19-16(25-15)11-6-8-12(18)9-7-11/h2-10H,1H3,(H,21,22). The molecule has 0 radical (unpaired) electrons. The maximum atomic E-state index is 13.0. The van der Waals surface area contributed by atoms with Crippen molar-refractivity contribution in [1.82, 2.24) is 4.98 Å². The summed E-state index contributed by atoms with van der Waals surface area (Å²) in [6.45, 7) is 0. The number of thiazole rings is 1. The predicted molar refractivity (Wildman–Crippen MR) is 96.5 cm³/mol. The average molecular weight is 392 g/mol. The molecule has 9 heteroatoms. The van der Waals surface area contributed by atoms with Gasteiger partial charge in [-0.25, -0.2) is 22.6 Å². The summed E-state index contributed by atoms with van der Waals surface area (Å²) >= 11 is 0.925. The smallest absolute Gasteiger partial charge is 0.337 e. The van der Waals surface area contributed by atoms with E-state index in [0.29, 0.717) is 10.6 Å². The highest BCUT2D eigenvalue weighted by molar-refractivity contribution is 7.94. The summed E-state index contributed by atoms with van der Waals surface area (Å²) in [4.78, 5) is 15.4. The number of halogens is 1. The second kappa shape index (κ2) is 6.85. The van der Waals surface area contributed by atoms with Crippen LogP contribution in [-0.2, 0) is 10.0 Å². The van der Waals surface area contributed by atoms with Crippen molar-refractivity contribution in [1.29, 1.82) is 0 Å². The molecule has 0 aliphatic carbocycles. The number of benzene rings is 2. The minimum absolute atomic E-state index is 0.0421. The van der Waals surface area contributed by atoms with Crippen LogP contribution in [0.25, 0.3) is 10.6 Å². The molecule has 0 fully saturated rings. The van der Waals surface area contributed by atoms with E-state index in [4.69, 9.17) is 0 Å². The van der Waals surface area contributed by atoms with Crippen LogP contribution in [0.15, 0.2) is 58.9 Å². The third-order valence-corrected chi connectivity index (χ3v) is 6.92. The summed E-state index contributed by atoms with van der Waals surface area (Å²) in [5.74, 6) is -1.62. The molecule has 0 saturated heterocycles. The zero-order chi connectivity index (χ0) is 18.9. The summed E-state index contributed by atoms with van der Waals surface area (Å²) in [6.07, 6.45) is 1.21. The Morgan fingerprint density at radius 1 is 1.15 bits per heavy atom. The lowest BCUT2D eigenvalue weighted by atomic mass is 10.2. The van der Waals surface area contributed by atoms with E-state index in [-0.39, 0.29) is 15.5 Å². The number of anilines is 1. The maximum Gasteiger partial charge on any atom is 0.337 e. The third kappa shape index (κ3) is 3.31. The molecule has 0 aliphatic rings. The molecule has 1 N–H and O–H groups in total. The molecule has 1 heterocycles. The Bertz CT molecular complexity index is 1060. The van der Waals surface area contributed by atoms with Gasteiger partial charge in [0.1, 0.15) is 10.8 Å². The van der Waals surface area contributed by atoms with Crippen molar-refractivity contribution in [3.63, 3.8) is 0 Å². The van der Waals surface area contributed by atoms with E-state index in [2.05, 4.69) is 4.98 Å². The molecular formula is C17H13FN2O4S2. The van der Waals surface area contributed by atoms with Crippen LogP contribution in [0.4, 0.5) is 10.1 Å². The van der Waals surface area contributed by atoms with Crippen LogP contribution in [0.1, 0.15) is 10.4 Å². The van der Waals surface area contributed by atoms with Crippen molar-refractivity contribution >= 4 is 33.0 Å². The average Bonchev–Trinajstić information content (AvgIpc) is 3.12. The van der Waals surface area contributed by atoms with Crippen molar-refractivity contribution in [2.24, 2.45) is 0 Å². The van der Waals surface area contributed by atoms with E-state index in [0.717, 1.165) is 15.6 Å². The fourth-order valence-corrected chi connectivity index (χ4v) is 4.82. The van der Waals surface area contributed by atoms with Gasteiger partial charge in [-0.3, -0.25) is 4.31 Å². The van der Waals surface area contributed by atoms with Crippen LogP contribution in [-0.4, -0.2) is 31.5 Å². The Labute approximate surface area is 153 Å². The van der Waals surface area contributed by atoms with Gasteiger partial charge in [0.15, 0.2) is 4.21 Å². The molecule has 0 aliphatic heterocycles. The van der Waals surface area contributed by atoms with Gasteiger partial charge < -0.3 is 5.11 Å². The van der Waals surface area contributed by atoms with Crippen LogP contribution in [0.2, 0.25) is 0 Å². The monoisotopic (exact) mass is 392 g/mol. The maximum absolute atomic E-state index is 13.0. The number of aromatic nitrogens is 1. The first-order valence-electron chi connectivity index (χ1n) is 7.34. The van der Waals surface area contributed by atoms with Gasteiger partial charge in [0.2, 0.25) is 0 Å². The van der Waals surface area contributed by atoms with Crippen molar-refractivity contribution in [2.45, 2.75) is 4.21 Å². The molecule has 0 spiro atoms. The second-order valence-corrected chi connectivity index (χ2v) is 8.51. The summed E-state index contributed by atoms with van der Waals surface area (Å²) in [5, 5.41) is 9.68. The number of hydrogen-bond donors (Lipinski definition) is 1. The molecule has 0 unspecified atom stereocenters. The second-order valence-electron chi connectivity index (χ2n) is 5.29.